The van der Waals surface area contributed by atoms with Gasteiger partial charge in [-0.3, -0.25) is 9.59 Å². The topological polar surface area (TPSA) is 97.4 Å². The molecule has 0 saturated carbocycles. The van der Waals surface area contributed by atoms with Crippen molar-refractivity contribution in [2.45, 2.75) is 19.4 Å². The summed E-state index contributed by atoms with van der Waals surface area (Å²) in [4.78, 5) is 23.9. The number of rotatable bonds is 6. The number of hydrogen-bond acceptors (Lipinski definition) is 4. The van der Waals surface area contributed by atoms with Gasteiger partial charge in [0.05, 0.1) is 6.26 Å². The van der Waals surface area contributed by atoms with E-state index in [1.807, 2.05) is 6.92 Å². The summed E-state index contributed by atoms with van der Waals surface area (Å²) >= 11 is 0. The third kappa shape index (κ3) is 5.77. The smallest absolute Gasteiger partial charge is 0.291 e. The first-order valence-corrected chi connectivity index (χ1v) is 7.05. The molecule has 0 aliphatic carbocycles. The Balaban J connectivity index is 0.00000264. The van der Waals surface area contributed by atoms with Gasteiger partial charge < -0.3 is 20.8 Å². The van der Waals surface area contributed by atoms with Crippen molar-refractivity contribution >= 4 is 29.9 Å². The number of carbonyl (C=O) groups is 2. The molecular weight excluding hydrogens is 318 g/mol. The zero-order valence-electron chi connectivity index (χ0n) is 12.7. The van der Waals surface area contributed by atoms with Crippen LogP contribution in [0.25, 0.3) is 0 Å². The van der Waals surface area contributed by atoms with Gasteiger partial charge in [-0.25, -0.2) is 0 Å². The number of anilines is 1. The molecule has 0 bridgehead atoms. The number of carbonyl (C=O) groups excluding carboxylic acids is 2. The van der Waals surface area contributed by atoms with Crippen LogP contribution in [0, 0.1) is 0 Å². The predicted molar refractivity (Wildman–Crippen MR) is 91.0 cm³/mol. The molecule has 0 radical (unpaired) electrons. The maximum Gasteiger partial charge on any atom is 0.291 e. The Morgan fingerprint density at radius 2 is 2.00 bits per heavy atom. The van der Waals surface area contributed by atoms with Crippen LogP contribution in [-0.4, -0.2) is 24.4 Å². The average Bonchev–Trinajstić information content (AvgIpc) is 3.01. The van der Waals surface area contributed by atoms with Crippen LogP contribution in [0.1, 0.15) is 34.3 Å². The van der Waals surface area contributed by atoms with Crippen LogP contribution in [0.15, 0.2) is 47.1 Å². The largest absolute Gasteiger partial charge is 0.459 e. The first-order valence-electron chi connectivity index (χ1n) is 7.05. The van der Waals surface area contributed by atoms with Gasteiger partial charge in [-0.1, -0.05) is 6.07 Å². The Bertz CT molecular complexity index is 642. The van der Waals surface area contributed by atoms with Crippen LogP contribution < -0.4 is 16.4 Å². The van der Waals surface area contributed by atoms with Crippen LogP contribution in [-0.2, 0) is 0 Å². The Kier molecular flexibility index (Phi) is 7.31. The quantitative estimate of drug-likeness (QED) is 0.754. The molecule has 0 aliphatic heterocycles. The molecule has 0 saturated heterocycles. The van der Waals surface area contributed by atoms with Gasteiger partial charge in [0.15, 0.2) is 5.76 Å². The molecule has 1 atom stereocenters. The molecule has 4 N–H and O–H groups in total. The maximum absolute atomic E-state index is 12.0. The zero-order valence-corrected chi connectivity index (χ0v) is 13.6. The molecule has 6 nitrogen and oxygen atoms in total. The molecule has 0 fully saturated rings. The number of hydrogen-bond donors (Lipinski definition) is 3. The minimum Gasteiger partial charge on any atom is -0.459 e. The fourth-order valence-electron chi connectivity index (χ4n) is 1.85. The number of benzene rings is 1. The number of halogens is 1. The summed E-state index contributed by atoms with van der Waals surface area (Å²) in [5.74, 6) is -0.346. The predicted octanol–water partition coefficient (Wildman–Crippen LogP) is 2.42. The van der Waals surface area contributed by atoms with Crippen LogP contribution in [0.3, 0.4) is 0 Å². The standard InChI is InChI=1S/C16H19N3O3.ClH/c1-11(17)7-8-18-15(20)12-4-2-5-13(10-12)19-16(21)14-6-3-9-22-14;/h2-6,9-11H,7-8,17H2,1H3,(H,18,20)(H,19,21);1H. The molecule has 2 rings (SSSR count). The van der Waals surface area contributed by atoms with Crippen LogP contribution in [0.2, 0.25) is 0 Å². The van der Waals surface area contributed by atoms with Gasteiger partial charge in [-0.15, -0.1) is 12.4 Å². The van der Waals surface area contributed by atoms with E-state index in [0.29, 0.717) is 24.2 Å². The molecule has 2 amide bonds. The second-order valence-corrected chi connectivity index (χ2v) is 5.03. The second-order valence-electron chi connectivity index (χ2n) is 5.03. The van der Waals surface area contributed by atoms with Crippen molar-refractivity contribution in [2.24, 2.45) is 5.73 Å². The first kappa shape index (κ1) is 18.7. The molecule has 2 aromatic rings. The SMILES string of the molecule is CC(N)CCNC(=O)c1cccc(NC(=O)c2ccco2)c1.Cl. The van der Waals surface area contributed by atoms with E-state index in [1.165, 1.54) is 6.26 Å². The molecule has 1 unspecified atom stereocenters. The highest BCUT2D eigenvalue weighted by molar-refractivity contribution is 6.03. The van der Waals surface area contributed by atoms with Crippen molar-refractivity contribution in [1.29, 1.82) is 0 Å². The van der Waals surface area contributed by atoms with Crippen molar-refractivity contribution in [2.75, 3.05) is 11.9 Å². The average molecular weight is 338 g/mol. The van der Waals surface area contributed by atoms with Crippen molar-refractivity contribution in [3.8, 4) is 0 Å². The Morgan fingerprint density at radius 3 is 2.65 bits per heavy atom. The monoisotopic (exact) mass is 337 g/mol. The van der Waals surface area contributed by atoms with E-state index in [0.717, 1.165) is 0 Å². The van der Waals surface area contributed by atoms with Crippen molar-refractivity contribution in [3.63, 3.8) is 0 Å². The Morgan fingerprint density at radius 1 is 1.22 bits per heavy atom. The molecule has 7 heteroatoms. The minimum atomic E-state index is -0.362. The second kappa shape index (κ2) is 8.97. The lowest BCUT2D eigenvalue weighted by Crippen LogP contribution is -2.29. The van der Waals surface area contributed by atoms with E-state index < -0.39 is 0 Å². The highest BCUT2D eigenvalue weighted by Gasteiger charge is 2.10. The summed E-state index contributed by atoms with van der Waals surface area (Å²) in [7, 11) is 0. The fourth-order valence-corrected chi connectivity index (χ4v) is 1.85. The Labute approximate surface area is 140 Å². The van der Waals surface area contributed by atoms with Crippen LogP contribution in [0.5, 0.6) is 0 Å². The van der Waals surface area contributed by atoms with E-state index in [-0.39, 0.29) is 36.0 Å². The molecule has 1 aromatic carbocycles. The number of amides is 2. The van der Waals surface area contributed by atoms with E-state index in [9.17, 15) is 9.59 Å². The van der Waals surface area contributed by atoms with Crippen LogP contribution in [0.4, 0.5) is 5.69 Å². The third-order valence-electron chi connectivity index (χ3n) is 3.01. The third-order valence-corrected chi connectivity index (χ3v) is 3.01. The van der Waals surface area contributed by atoms with Crippen molar-refractivity contribution < 1.29 is 14.0 Å². The highest BCUT2D eigenvalue weighted by atomic mass is 35.5. The lowest BCUT2D eigenvalue weighted by Gasteiger charge is -2.09. The zero-order chi connectivity index (χ0) is 15.9. The van der Waals surface area contributed by atoms with Gasteiger partial charge in [-0.2, -0.15) is 0 Å². The lowest BCUT2D eigenvalue weighted by atomic mass is 10.1. The summed E-state index contributed by atoms with van der Waals surface area (Å²) in [6.07, 6.45) is 2.14. The molecule has 1 aromatic heterocycles. The summed E-state index contributed by atoms with van der Waals surface area (Å²) in [5.41, 5.74) is 6.64. The Hall–Kier alpha value is -2.31. The molecule has 0 spiro atoms. The van der Waals surface area contributed by atoms with E-state index in [4.69, 9.17) is 10.2 Å². The highest BCUT2D eigenvalue weighted by Crippen LogP contribution is 2.12. The fraction of sp³-hybridized carbons (Fsp3) is 0.250. The van der Waals surface area contributed by atoms with E-state index in [2.05, 4.69) is 10.6 Å². The first-order chi connectivity index (χ1) is 10.6. The van der Waals surface area contributed by atoms with Gasteiger partial charge in [-0.05, 0) is 43.7 Å². The minimum absolute atomic E-state index is 0. The van der Waals surface area contributed by atoms with Gasteiger partial charge in [0, 0.05) is 23.8 Å². The summed E-state index contributed by atoms with van der Waals surface area (Å²) in [6.45, 7) is 2.40. The van der Waals surface area contributed by atoms with Gasteiger partial charge >= 0.3 is 0 Å². The number of nitrogens with two attached hydrogens (primary N) is 1. The normalized spacial score (nSPS) is 11.2. The summed E-state index contributed by atoms with van der Waals surface area (Å²) in [5, 5.41) is 5.47. The van der Waals surface area contributed by atoms with Crippen LogP contribution >= 0.6 is 12.4 Å². The molecule has 124 valence electrons. The van der Waals surface area contributed by atoms with E-state index >= 15 is 0 Å². The molecule has 1 heterocycles. The van der Waals surface area contributed by atoms with Gasteiger partial charge in [0.1, 0.15) is 0 Å². The van der Waals surface area contributed by atoms with Crippen molar-refractivity contribution in [1.82, 2.24) is 5.32 Å². The van der Waals surface area contributed by atoms with Gasteiger partial charge in [0.2, 0.25) is 0 Å². The molecule has 0 aliphatic rings. The maximum atomic E-state index is 12.0. The number of furan rings is 1. The van der Waals surface area contributed by atoms with Crippen molar-refractivity contribution in [3.05, 3.63) is 54.0 Å². The molecule has 23 heavy (non-hydrogen) atoms. The summed E-state index contributed by atoms with van der Waals surface area (Å²) in [6, 6.07) is 9.96. The van der Waals surface area contributed by atoms with E-state index in [1.54, 1.807) is 36.4 Å². The van der Waals surface area contributed by atoms with Gasteiger partial charge in [0.25, 0.3) is 11.8 Å². The lowest BCUT2D eigenvalue weighted by molar-refractivity contribution is 0.0950. The molecular formula is C16H20ClN3O3. The number of nitrogens with one attached hydrogen (secondary N) is 2. The summed E-state index contributed by atoms with van der Waals surface area (Å²) < 4.78 is 5.02.